The van der Waals surface area contributed by atoms with Crippen molar-refractivity contribution in [1.29, 1.82) is 0 Å². The number of hydrogen-bond acceptors (Lipinski definition) is 4. The molecule has 0 aliphatic rings. The number of nitrogens with zero attached hydrogens (tertiary/aromatic N) is 4. The average Bonchev–Trinajstić information content (AvgIpc) is 2.93. The van der Waals surface area contributed by atoms with Crippen LogP contribution in [0.1, 0.15) is 5.56 Å². The van der Waals surface area contributed by atoms with Gasteiger partial charge in [-0.15, -0.1) is 5.10 Å². The Morgan fingerprint density at radius 3 is 2.81 bits per heavy atom. The molecule has 0 aliphatic carbocycles. The van der Waals surface area contributed by atoms with Gasteiger partial charge < -0.3 is 5.73 Å². The van der Waals surface area contributed by atoms with Crippen LogP contribution >= 0.6 is 15.9 Å². The van der Waals surface area contributed by atoms with Crippen molar-refractivity contribution in [3.63, 3.8) is 0 Å². The maximum atomic E-state index is 13.5. The molecule has 21 heavy (non-hydrogen) atoms. The van der Waals surface area contributed by atoms with Gasteiger partial charge in [-0.3, -0.25) is 0 Å². The lowest BCUT2D eigenvalue weighted by Crippen LogP contribution is -2.03. The smallest absolute Gasteiger partial charge is 0.187 e. The minimum absolute atomic E-state index is 0.362. The van der Waals surface area contributed by atoms with Crippen molar-refractivity contribution >= 4 is 21.6 Å². The van der Waals surface area contributed by atoms with Crippen molar-refractivity contribution in [3.05, 3.63) is 52.3 Å². The number of anilines is 1. The van der Waals surface area contributed by atoms with E-state index in [1.165, 1.54) is 16.8 Å². The first kappa shape index (κ1) is 13.7. The number of tetrazole rings is 1. The van der Waals surface area contributed by atoms with Crippen LogP contribution in [-0.2, 0) is 0 Å². The van der Waals surface area contributed by atoms with E-state index in [0.29, 0.717) is 21.7 Å². The van der Waals surface area contributed by atoms with E-state index in [-0.39, 0.29) is 5.82 Å². The Balaban J connectivity index is 2.22. The molecule has 2 aromatic carbocycles. The van der Waals surface area contributed by atoms with Gasteiger partial charge in [-0.1, -0.05) is 6.07 Å². The summed E-state index contributed by atoms with van der Waals surface area (Å²) in [5, 5.41) is 11.7. The van der Waals surface area contributed by atoms with Gasteiger partial charge in [0.1, 0.15) is 5.82 Å². The Morgan fingerprint density at radius 2 is 2.00 bits per heavy atom. The van der Waals surface area contributed by atoms with Crippen LogP contribution in [0.2, 0.25) is 0 Å². The van der Waals surface area contributed by atoms with Crippen LogP contribution in [0.5, 0.6) is 0 Å². The monoisotopic (exact) mass is 347 g/mol. The summed E-state index contributed by atoms with van der Waals surface area (Å²) >= 11 is 3.38. The first-order chi connectivity index (χ1) is 10.1. The molecular formula is C14H11BrFN5. The molecule has 1 aromatic heterocycles. The largest absolute Gasteiger partial charge is 0.399 e. The Hall–Kier alpha value is -2.28. The molecule has 5 nitrogen and oxygen atoms in total. The number of aromatic nitrogens is 4. The van der Waals surface area contributed by atoms with Crippen molar-refractivity contribution in [2.75, 3.05) is 5.73 Å². The average molecular weight is 348 g/mol. The van der Waals surface area contributed by atoms with E-state index in [0.717, 1.165) is 11.1 Å². The highest BCUT2D eigenvalue weighted by Crippen LogP contribution is 2.28. The molecule has 0 saturated heterocycles. The first-order valence-electron chi connectivity index (χ1n) is 6.16. The van der Waals surface area contributed by atoms with E-state index in [1.54, 1.807) is 12.1 Å². The van der Waals surface area contributed by atoms with Gasteiger partial charge in [0.15, 0.2) is 5.82 Å². The molecule has 0 unspecified atom stereocenters. The lowest BCUT2D eigenvalue weighted by molar-refractivity contribution is 0.624. The lowest BCUT2D eigenvalue weighted by Gasteiger charge is -2.09. The molecule has 1 heterocycles. The number of nitrogens with two attached hydrogens (primary N) is 1. The fourth-order valence-electron chi connectivity index (χ4n) is 2.05. The highest BCUT2D eigenvalue weighted by molar-refractivity contribution is 9.10. The molecule has 2 N–H and O–H groups in total. The van der Waals surface area contributed by atoms with Crippen molar-refractivity contribution in [2.24, 2.45) is 0 Å². The molecule has 0 atom stereocenters. The second-order valence-corrected chi connectivity index (χ2v) is 5.44. The maximum Gasteiger partial charge on any atom is 0.187 e. The topological polar surface area (TPSA) is 69.6 Å². The van der Waals surface area contributed by atoms with E-state index in [1.807, 2.05) is 19.1 Å². The first-order valence-corrected chi connectivity index (χ1v) is 6.96. The Bertz CT molecular complexity index is 749. The van der Waals surface area contributed by atoms with Crippen LogP contribution in [-0.4, -0.2) is 20.2 Å². The van der Waals surface area contributed by atoms with Gasteiger partial charge >= 0.3 is 0 Å². The predicted molar refractivity (Wildman–Crippen MR) is 81.4 cm³/mol. The molecule has 0 spiro atoms. The zero-order chi connectivity index (χ0) is 15.0. The Labute approximate surface area is 128 Å². The molecule has 0 fully saturated rings. The van der Waals surface area contributed by atoms with Gasteiger partial charge in [0.2, 0.25) is 0 Å². The molecule has 3 rings (SSSR count). The summed E-state index contributed by atoms with van der Waals surface area (Å²) in [6, 6.07) is 9.84. The summed E-state index contributed by atoms with van der Waals surface area (Å²) in [4.78, 5) is 0. The second-order valence-electron chi connectivity index (χ2n) is 4.58. The summed E-state index contributed by atoms with van der Waals surface area (Å²) in [5.41, 5.74) is 8.75. The number of halogens is 2. The van der Waals surface area contributed by atoms with Crippen LogP contribution in [0.15, 0.2) is 40.9 Å². The number of hydrogen-bond donors (Lipinski definition) is 1. The van der Waals surface area contributed by atoms with Crippen molar-refractivity contribution in [2.45, 2.75) is 6.92 Å². The highest BCUT2D eigenvalue weighted by atomic mass is 79.9. The predicted octanol–water partition coefficient (Wildman–Crippen LogP) is 3.12. The zero-order valence-corrected chi connectivity index (χ0v) is 12.7. The summed E-state index contributed by atoms with van der Waals surface area (Å²) in [5.74, 6) is 0.144. The number of rotatable bonds is 2. The van der Waals surface area contributed by atoms with Gasteiger partial charge in [0.05, 0.1) is 5.69 Å². The number of nitrogen functional groups attached to an aromatic ring is 1. The van der Waals surface area contributed by atoms with Crippen molar-refractivity contribution < 1.29 is 4.39 Å². The van der Waals surface area contributed by atoms with Gasteiger partial charge in [-0.2, -0.15) is 4.68 Å². The molecule has 106 valence electrons. The van der Waals surface area contributed by atoms with E-state index in [9.17, 15) is 4.39 Å². The third kappa shape index (κ3) is 2.52. The van der Waals surface area contributed by atoms with Crippen LogP contribution in [0.4, 0.5) is 10.1 Å². The van der Waals surface area contributed by atoms with Gasteiger partial charge in [0.25, 0.3) is 0 Å². The third-order valence-corrected chi connectivity index (χ3v) is 3.78. The van der Waals surface area contributed by atoms with Crippen LogP contribution in [0.25, 0.3) is 17.1 Å². The lowest BCUT2D eigenvalue weighted by atomic mass is 10.1. The second kappa shape index (κ2) is 5.25. The molecular weight excluding hydrogens is 337 g/mol. The van der Waals surface area contributed by atoms with Crippen molar-refractivity contribution in [3.8, 4) is 17.1 Å². The van der Waals surface area contributed by atoms with Crippen molar-refractivity contribution in [1.82, 2.24) is 20.2 Å². The molecule has 7 heteroatoms. The molecule has 0 amide bonds. The summed E-state index contributed by atoms with van der Waals surface area (Å²) in [7, 11) is 0. The maximum absolute atomic E-state index is 13.5. The normalized spacial score (nSPS) is 10.8. The van der Waals surface area contributed by atoms with Crippen LogP contribution < -0.4 is 5.73 Å². The molecule has 0 saturated carbocycles. The van der Waals surface area contributed by atoms with Gasteiger partial charge in [-0.25, -0.2) is 4.39 Å². The van der Waals surface area contributed by atoms with E-state index < -0.39 is 0 Å². The molecule has 0 bridgehead atoms. The standard InChI is InChI=1S/C14H11BrFN5/c1-8-2-4-10(17)7-11(8)14-18-19-20-21(14)13-6-9(16)3-5-12(13)15/h2-7H,17H2,1H3. The van der Waals surface area contributed by atoms with Crippen LogP contribution in [0.3, 0.4) is 0 Å². The quantitative estimate of drug-likeness (QED) is 0.723. The highest BCUT2D eigenvalue weighted by Gasteiger charge is 2.15. The summed E-state index contributed by atoms with van der Waals surface area (Å²) < 4.78 is 15.7. The molecule has 3 aromatic rings. The van der Waals surface area contributed by atoms with E-state index >= 15 is 0 Å². The van der Waals surface area contributed by atoms with Crippen LogP contribution in [0, 0.1) is 12.7 Å². The molecule has 0 aliphatic heterocycles. The minimum Gasteiger partial charge on any atom is -0.399 e. The van der Waals surface area contributed by atoms with Gasteiger partial charge in [0, 0.05) is 21.8 Å². The van der Waals surface area contributed by atoms with Gasteiger partial charge in [-0.05, 0) is 63.1 Å². The summed E-state index contributed by atoms with van der Waals surface area (Å²) in [6.45, 7) is 1.94. The minimum atomic E-state index is -0.362. The number of benzene rings is 2. The van der Waals surface area contributed by atoms with E-state index in [2.05, 4.69) is 31.5 Å². The molecule has 0 radical (unpaired) electrons. The Morgan fingerprint density at radius 1 is 1.19 bits per heavy atom. The third-order valence-electron chi connectivity index (χ3n) is 3.11. The summed E-state index contributed by atoms with van der Waals surface area (Å²) in [6.07, 6.45) is 0. The fraction of sp³-hybridized carbons (Fsp3) is 0.0714. The Kier molecular flexibility index (Phi) is 3.42. The number of aryl methyl sites for hydroxylation is 1. The zero-order valence-electron chi connectivity index (χ0n) is 11.1. The van der Waals surface area contributed by atoms with E-state index in [4.69, 9.17) is 5.73 Å². The SMILES string of the molecule is Cc1ccc(N)cc1-c1nnnn1-c1cc(F)ccc1Br. The fourth-order valence-corrected chi connectivity index (χ4v) is 2.46.